The first-order valence-electron chi connectivity index (χ1n) is 11.9. The Balaban J connectivity index is 1.50. The molecule has 1 saturated heterocycles. The maximum absolute atomic E-state index is 16.2. The lowest BCUT2D eigenvalue weighted by molar-refractivity contribution is -0.0522. The number of hydrogen-bond acceptors (Lipinski definition) is 10. The number of nitrogens with one attached hydrogen (secondary N) is 2. The summed E-state index contributed by atoms with van der Waals surface area (Å²) >= 11 is 0. The number of ether oxygens (including phenoxy) is 1. The van der Waals surface area contributed by atoms with Gasteiger partial charge in [-0.3, -0.25) is 10.3 Å². The normalized spacial score (nSPS) is 27.8. The molecule has 3 N–H and O–H groups in total. The number of nitrogens with zero attached hydrogens (tertiary/aromatic N) is 5. The molecule has 0 saturated carbocycles. The van der Waals surface area contributed by atoms with Crippen LogP contribution in [0, 0.1) is 11.2 Å². The average molecular weight is 482 g/mol. The summed E-state index contributed by atoms with van der Waals surface area (Å²) in [6.07, 6.45) is 4.12. The second kappa shape index (κ2) is 8.51. The fourth-order valence-corrected chi connectivity index (χ4v) is 5.96. The largest absolute Gasteiger partial charge is 0.395 e. The van der Waals surface area contributed by atoms with Crippen molar-refractivity contribution in [3.63, 3.8) is 0 Å². The molecule has 35 heavy (non-hydrogen) atoms. The quantitative estimate of drug-likeness (QED) is 0.514. The van der Waals surface area contributed by atoms with Gasteiger partial charge in [0.05, 0.1) is 48.3 Å². The monoisotopic (exact) mass is 481 g/mol. The number of hydrogen-bond donors (Lipinski definition) is 3. The van der Waals surface area contributed by atoms with Crippen LogP contribution in [0.3, 0.4) is 0 Å². The number of benzene rings is 1. The zero-order valence-electron chi connectivity index (χ0n) is 19.7. The smallest absolute Gasteiger partial charge is 0.223 e. The molecule has 0 amide bonds. The molecule has 6 rings (SSSR count). The van der Waals surface area contributed by atoms with Crippen LogP contribution in [-0.4, -0.2) is 77.6 Å². The van der Waals surface area contributed by atoms with Gasteiger partial charge in [0.2, 0.25) is 11.5 Å². The van der Waals surface area contributed by atoms with Crippen LogP contribution >= 0.6 is 0 Å². The molecule has 1 spiro atoms. The summed E-state index contributed by atoms with van der Waals surface area (Å²) in [6, 6.07) is 3.63. The lowest BCUT2D eigenvalue weighted by atomic mass is 9.68. The first kappa shape index (κ1) is 22.3. The fraction of sp³-hybridized carbons (Fsp3) is 0.500. The van der Waals surface area contributed by atoms with Crippen LogP contribution in [0.5, 0.6) is 0 Å². The summed E-state index contributed by atoms with van der Waals surface area (Å²) in [5.41, 5.74) is 2.20. The zero-order valence-corrected chi connectivity index (χ0v) is 19.7. The van der Waals surface area contributed by atoms with E-state index in [4.69, 9.17) is 14.4 Å². The predicted octanol–water partition coefficient (Wildman–Crippen LogP) is 1.98. The molecule has 0 aliphatic carbocycles. The van der Waals surface area contributed by atoms with Gasteiger partial charge in [-0.1, -0.05) is 5.16 Å². The minimum Gasteiger partial charge on any atom is -0.395 e. The first-order valence-corrected chi connectivity index (χ1v) is 11.9. The summed E-state index contributed by atoms with van der Waals surface area (Å²) < 4.78 is 27.9. The molecule has 2 aromatic heterocycles. The van der Waals surface area contributed by atoms with Gasteiger partial charge in [-0.25, -0.2) is 14.4 Å². The molecule has 11 heteroatoms. The second-order valence-electron chi connectivity index (χ2n) is 9.58. The number of rotatable bonds is 4. The number of aliphatic hydroxyl groups excluding tert-OH is 1. The summed E-state index contributed by atoms with van der Waals surface area (Å²) in [7, 11) is 0. The van der Waals surface area contributed by atoms with E-state index in [0.29, 0.717) is 54.6 Å². The van der Waals surface area contributed by atoms with Crippen molar-refractivity contribution >= 4 is 28.8 Å². The van der Waals surface area contributed by atoms with Gasteiger partial charge in [0.1, 0.15) is 5.69 Å². The van der Waals surface area contributed by atoms with Crippen molar-refractivity contribution in [2.75, 3.05) is 43.1 Å². The van der Waals surface area contributed by atoms with Crippen LogP contribution in [0.15, 0.2) is 27.8 Å². The van der Waals surface area contributed by atoms with E-state index in [2.05, 4.69) is 42.6 Å². The fourth-order valence-electron chi connectivity index (χ4n) is 5.96. The number of fused-ring (bicyclic) bond motifs is 5. The highest BCUT2D eigenvalue weighted by Gasteiger charge is 2.52. The van der Waals surface area contributed by atoms with Gasteiger partial charge in [0, 0.05) is 37.5 Å². The Morgan fingerprint density at radius 3 is 3.06 bits per heavy atom. The molecule has 184 valence electrons. The highest BCUT2D eigenvalue weighted by molar-refractivity contribution is 5.95. The standard InChI is InChI=1S/C24H28FN7O3/c1-13-9-32-20-15(8-24(10-26-12-27-11-24)22(32)14(2)34-13)7-16-19(31-35-21(16)18(20)25)17-3-4-28-23(30-17)29-5-6-33/h3-4,7,10,13-14,22,27,33H,5-6,8-9,11-12H2,1-2H3,(H,28,29,30)/t13-,14+,22-,24?/m1/s1. The third-order valence-corrected chi connectivity index (χ3v) is 7.13. The molecule has 1 unspecified atom stereocenters. The number of aromatic nitrogens is 3. The van der Waals surface area contributed by atoms with E-state index >= 15 is 4.39 Å². The molecule has 10 nitrogen and oxygen atoms in total. The van der Waals surface area contributed by atoms with Gasteiger partial charge in [-0.15, -0.1) is 0 Å². The highest BCUT2D eigenvalue weighted by atomic mass is 19.1. The van der Waals surface area contributed by atoms with Crippen molar-refractivity contribution in [1.29, 1.82) is 0 Å². The average Bonchev–Trinajstić information content (AvgIpc) is 3.27. The van der Waals surface area contributed by atoms with Crippen LogP contribution in [0.25, 0.3) is 22.4 Å². The minimum absolute atomic E-state index is 0.0380. The van der Waals surface area contributed by atoms with Gasteiger partial charge >= 0.3 is 0 Å². The maximum atomic E-state index is 16.2. The molecule has 1 fully saturated rings. The van der Waals surface area contributed by atoms with E-state index < -0.39 is 5.82 Å². The minimum atomic E-state index is -0.411. The van der Waals surface area contributed by atoms with E-state index in [1.54, 1.807) is 12.3 Å². The number of morpholine rings is 1. The lowest BCUT2D eigenvalue weighted by Gasteiger charge is -2.56. The highest BCUT2D eigenvalue weighted by Crippen LogP contribution is 2.48. The SMILES string of the molecule is C[C@@H]1CN2c3c(cc4c(-c5ccnc(NCCO)n5)noc4c3F)CC3(C=NCNC3)[C@H]2[C@H](C)O1. The van der Waals surface area contributed by atoms with Crippen molar-refractivity contribution in [3.8, 4) is 11.4 Å². The summed E-state index contributed by atoms with van der Waals surface area (Å²) in [4.78, 5) is 15.4. The van der Waals surface area contributed by atoms with Crippen molar-refractivity contribution in [2.45, 2.75) is 38.5 Å². The molecule has 4 atom stereocenters. The number of aliphatic imine (C=N–C) groups is 1. The Labute approximate surface area is 201 Å². The van der Waals surface area contributed by atoms with Gasteiger partial charge in [0.15, 0.2) is 5.82 Å². The molecule has 5 heterocycles. The molecule has 1 aromatic carbocycles. The van der Waals surface area contributed by atoms with Gasteiger partial charge in [0.25, 0.3) is 0 Å². The summed E-state index contributed by atoms with van der Waals surface area (Å²) in [5, 5.41) is 20.2. The molecule has 0 radical (unpaired) electrons. The maximum Gasteiger partial charge on any atom is 0.223 e. The third-order valence-electron chi connectivity index (χ3n) is 7.13. The van der Waals surface area contributed by atoms with Crippen LogP contribution in [0.1, 0.15) is 19.4 Å². The number of anilines is 2. The lowest BCUT2D eigenvalue weighted by Crippen LogP contribution is -2.67. The first-order chi connectivity index (χ1) is 17.0. The van der Waals surface area contributed by atoms with Crippen molar-refractivity contribution in [1.82, 2.24) is 20.4 Å². The topological polar surface area (TPSA) is 121 Å². The van der Waals surface area contributed by atoms with Crippen molar-refractivity contribution in [3.05, 3.63) is 29.7 Å². The molecular formula is C24H28FN7O3. The van der Waals surface area contributed by atoms with Gasteiger partial charge < -0.3 is 24.6 Å². The van der Waals surface area contributed by atoms with E-state index in [1.807, 2.05) is 19.2 Å². The number of halogens is 1. The van der Waals surface area contributed by atoms with Gasteiger partial charge in [-0.05, 0) is 38.0 Å². The Hall–Kier alpha value is -3.15. The molecule has 3 aliphatic rings. The van der Waals surface area contributed by atoms with Crippen molar-refractivity contribution in [2.24, 2.45) is 10.4 Å². The summed E-state index contributed by atoms with van der Waals surface area (Å²) in [6.45, 7) is 6.24. The van der Waals surface area contributed by atoms with E-state index in [9.17, 15) is 0 Å². The zero-order chi connectivity index (χ0) is 24.2. The van der Waals surface area contributed by atoms with Crippen LogP contribution in [0.2, 0.25) is 0 Å². The Morgan fingerprint density at radius 2 is 2.26 bits per heavy atom. The molecular weight excluding hydrogens is 453 g/mol. The Bertz CT molecular complexity index is 1300. The summed E-state index contributed by atoms with van der Waals surface area (Å²) in [5.74, 6) is -0.0560. The third kappa shape index (κ3) is 3.57. The van der Waals surface area contributed by atoms with Crippen LogP contribution in [-0.2, 0) is 11.2 Å². The van der Waals surface area contributed by atoms with Crippen molar-refractivity contribution < 1.29 is 18.8 Å². The molecule has 0 bridgehead atoms. The predicted molar refractivity (Wildman–Crippen MR) is 129 cm³/mol. The van der Waals surface area contributed by atoms with Crippen LogP contribution in [0.4, 0.5) is 16.0 Å². The number of aliphatic hydroxyl groups is 1. The van der Waals surface area contributed by atoms with Gasteiger partial charge in [-0.2, -0.15) is 0 Å². The van der Waals surface area contributed by atoms with E-state index in [-0.39, 0.29) is 35.9 Å². The van der Waals surface area contributed by atoms with E-state index in [0.717, 1.165) is 12.1 Å². The molecule has 3 aromatic rings. The second-order valence-corrected chi connectivity index (χ2v) is 9.58. The van der Waals surface area contributed by atoms with Crippen LogP contribution < -0.4 is 15.5 Å². The van der Waals surface area contributed by atoms with E-state index in [1.165, 1.54) is 0 Å². The Kier molecular flexibility index (Phi) is 5.42. The molecule has 3 aliphatic heterocycles. The Morgan fingerprint density at radius 1 is 1.37 bits per heavy atom.